The lowest BCUT2D eigenvalue weighted by Gasteiger charge is -2.31. The highest BCUT2D eigenvalue weighted by Gasteiger charge is 2.31. The van der Waals surface area contributed by atoms with Crippen LogP contribution in [-0.4, -0.2) is 47.9 Å². The molecule has 1 aliphatic carbocycles. The Hall–Kier alpha value is -0.910. The van der Waals surface area contributed by atoms with Crippen LogP contribution in [0.2, 0.25) is 0 Å². The fraction of sp³-hybridized carbons (Fsp3) is 0.889. The molecule has 0 radical (unpaired) electrons. The lowest BCUT2D eigenvalue weighted by Crippen LogP contribution is -2.37. The van der Waals surface area contributed by atoms with E-state index in [9.17, 15) is 9.59 Å². The second-order valence-corrected chi connectivity index (χ2v) is 8.69. The highest BCUT2D eigenvalue weighted by Crippen LogP contribution is 2.30. The summed E-state index contributed by atoms with van der Waals surface area (Å²) >= 11 is 4.32. The average molecular weight is 357 g/mol. The van der Waals surface area contributed by atoms with Crippen LogP contribution < -0.4 is 5.32 Å². The van der Waals surface area contributed by atoms with Crippen molar-refractivity contribution in [3.63, 3.8) is 0 Å². The van der Waals surface area contributed by atoms with E-state index in [2.05, 4.69) is 17.9 Å². The third kappa shape index (κ3) is 6.19. The van der Waals surface area contributed by atoms with Crippen LogP contribution in [0.4, 0.5) is 4.79 Å². The van der Waals surface area contributed by atoms with Gasteiger partial charge in [-0.1, -0.05) is 0 Å². The molecule has 138 valence electrons. The van der Waals surface area contributed by atoms with E-state index in [4.69, 9.17) is 4.74 Å². The van der Waals surface area contributed by atoms with Gasteiger partial charge < -0.3 is 15.0 Å². The third-order valence-corrected chi connectivity index (χ3v) is 5.45. The van der Waals surface area contributed by atoms with Crippen LogP contribution in [0.1, 0.15) is 52.9 Å². The highest BCUT2D eigenvalue weighted by atomic mass is 32.1. The van der Waals surface area contributed by atoms with Gasteiger partial charge in [0, 0.05) is 26.1 Å². The normalized spacial score (nSPS) is 28.1. The molecule has 24 heavy (non-hydrogen) atoms. The van der Waals surface area contributed by atoms with Gasteiger partial charge in [-0.05, 0) is 70.0 Å². The minimum Gasteiger partial charge on any atom is -0.444 e. The van der Waals surface area contributed by atoms with Crippen LogP contribution in [0.3, 0.4) is 0 Å². The third-order valence-electron chi connectivity index (χ3n) is 4.93. The summed E-state index contributed by atoms with van der Waals surface area (Å²) in [6, 6.07) is 0. The molecule has 1 atom stereocenters. The Kier molecular flexibility index (Phi) is 6.84. The first-order chi connectivity index (χ1) is 11.3. The second-order valence-electron chi connectivity index (χ2n) is 8.32. The van der Waals surface area contributed by atoms with Gasteiger partial charge in [-0.15, -0.1) is 0 Å². The first-order valence-electron chi connectivity index (χ1n) is 9.12. The van der Waals surface area contributed by atoms with E-state index in [1.807, 2.05) is 25.7 Å². The molecule has 1 aliphatic heterocycles. The molecule has 1 saturated carbocycles. The van der Waals surface area contributed by atoms with E-state index >= 15 is 0 Å². The number of likely N-dealkylation sites (tertiary alicyclic amines) is 1. The molecule has 1 saturated heterocycles. The van der Waals surface area contributed by atoms with Gasteiger partial charge in [0.05, 0.1) is 0 Å². The molecule has 2 amide bonds. The minimum atomic E-state index is -0.450. The van der Waals surface area contributed by atoms with Gasteiger partial charge in [-0.2, -0.15) is 12.6 Å². The van der Waals surface area contributed by atoms with Crippen LogP contribution in [-0.2, 0) is 9.53 Å². The van der Waals surface area contributed by atoms with Crippen molar-refractivity contribution in [1.82, 2.24) is 10.2 Å². The molecule has 0 aromatic carbocycles. The Labute approximate surface area is 151 Å². The number of thiol groups is 1. The molecule has 2 rings (SSSR count). The van der Waals surface area contributed by atoms with Crippen LogP contribution in [0.25, 0.3) is 0 Å². The molecule has 1 unspecified atom stereocenters. The van der Waals surface area contributed by atoms with Gasteiger partial charge in [0.15, 0.2) is 0 Å². The maximum absolute atomic E-state index is 12.0. The summed E-state index contributed by atoms with van der Waals surface area (Å²) in [5.74, 6) is 2.64. The quantitative estimate of drug-likeness (QED) is 0.744. The van der Waals surface area contributed by atoms with Gasteiger partial charge in [0.25, 0.3) is 0 Å². The molecule has 0 bridgehead atoms. The molecule has 2 fully saturated rings. The molecule has 5 nitrogen and oxygen atoms in total. The maximum atomic E-state index is 12.0. The van der Waals surface area contributed by atoms with Crippen molar-refractivity contribution < 1.29 is 14.3 Å². The zero-order valence-corrected chi connectivity index (χ0v) is 16.1. The summed E-state index contributed by atoms with van der Waals surface area (Å²) in [4.78, 5) is 25.7. The summed E-state index contributed by atoms with van der Waals surface area (Å²) in [5, 5.41) is 2.88. The predicted octanol–water partition coefficient (Wildman–Crippen LogP) is 3.10. The number of carbonyl (C=O) groups excluding carboxylic acids is 2. The van der Waals surface area contributed by atoms with E-state index < -0.39 is 5.60 Å². The standard InChI is InChI=1S/C18H32N2O3S/c1-18(2,3)23-17(22)19-9-13-4-6-14(7-5-13)10-20-11-15(12-24)8-16(20)21/h13-15,24H,4-12H2,1-3H3,(H,19,22). The summed E-state index contributed by atoms with van der Waals surface area (Å²) in [6.45, 7) is 8.07. The Morgan fingerprint density at radius 2 is 1.83 bits per heavy atom. The van der Waals surface area contributed by atoms with Crippen molar-refractivity contribution in [1.29, 1.82) is 0 Å². The van der Waals surface area contributed by atoms with Crippen LogP contribution >= 0.6 is 12.6 Å². The van der Waals surface area contributed by atoms with Crippen molar-refractivity contribution in [2.75, 3.05) is 25.4 Å². The number of nitrogens with one attached hydrogen (secondary N) is 1. The van der Waals surface area contributed by atoms with E-state index in [0.717, 1.165) is 44.5 Å². The largest absolute Gasteiger partial charge is 0.444 e. The number of hydrogen-bond donors (Lipinski definition) is 2. The van der Waals surface area contributed by atoms with Crippen LogP contribution in [0.15, 0.2) is 0 Å². The van der Waals surface area contributed by atoms with Crippen molar-refractivity contribution in [2.45, 2.75) is 58.5 Å². The summed E-state index contributed by atoms with van der Waals surface area (Å²) < 4.78 is 5.27. The minimum absolute atomic E-state index is 0.294. The van der Waals surface area contributed by atoms with Gasteiger partial charge in [0.2, 0.25) is 5.91 Å². The van der Waals surface area contributed by atoms with E-state index in [1.54, 1.807) is 0 Å². The number of carbonyl (C=O) groups is 2. The lowest BCUT2D eigenvalue weighted by molar-refractivity contribution is -0.128. The van der Waals surface area contributed by atoms with Gasteiger partial charge in [-0.25, -0.2) is 4.79 Å². The monoisotopic (exact) mass is 356 g/mol. The molecule has 1 N–H and O–H groups in total. The SMILES string of the molecule is CC(C)(C)OC(=O)NCC1CCC(CN2CC(CS)CC2=O)CC1. The van der Waals surface area contributed by atoms with Crippen LogP contribution in [0.5, 0.6) is 0 Å². The topological polar surface area (TPSA) is 58.6 Å². The molecule has 2 aliphatic rings. The predicted molar refractivity (Wildman–Crippen MR) is 98.2 cm³/mol. The van der Waals surface area contributed by atoms with Crippen molar-refractivity contribution in [2.24, 2.45) is 17.8 Å². The number of hydrogen-bond acceptors (Lipinski definition) is 4. The second kappa shape index (κ2) is 8.45. The first-order valence-corrected chi connectivity index (χ1v) is 9.75. The Bertz CT molecular complexity index is 442. The fourth-order valence-electron chi connectivity index (χ4n) is 3.62. The van der Waals surface area contributed by atoms with E-state index in [0.29, 0.717) is 36.6 Å². The number of alkyl carbamates (subject to hydrolysis) is 1. The number of ether oxygens (including phenoxy) is 1. The summed E-state index contributed by atoms with van der Waals surface area (Å²) in [7, 11) is 0. The Balaban J connectivity index is 1.65. The highest BCUT2D eigenvalue weighted by molar-refractivity contribution is 7.80. The van der Waals surface area contributed by atoms with Gasteiger partial charge >= 0.3 is 6.09 Å². The van der Waals surface area contributed by atoms with E-state index in [1.165, 1.54) is 0 Å². The molecule has 6 heteroatoms. The summed E-state index contributed by atoms with van der Waals surface area (Å²) in [6.07, 6.45) is 4.83. The average Bonchev–Trinajstić information content (AvgIpc) is 2.85. The van der Waals surface area contributed by atoms with E-state index in [-0.39, 0.29) is 6.09 Å². The zero-order chi connectivity index (χ0) is 17.7. The number of nitrogens with zero attached hydrogens (tertiary/aromatic N) is 1. The summed E-state index contributed by atoms with van der Waals surface area (Å²) in [5.41, 5.74) is -0.450. The Morgan fingerprint density at radius 3 is 2.38 bits per heavy atom. The van der Waals surface area contributed by atoms with Gasteiger partial charge in [0.1, 0.15) is 5.60 Å². The zero-order valence-electron chi connectivity index (χ0n) is 15.2. The Morgan fingerprint density at radius 1 is 1.21 bits per heavy atom. The number of rotatable bonds is 5. The maximum Gasteiger partial charge on any atom is 0.407 e. The lowest BCUT2D eigenvalue weighted by atomic mass is 9.81. The molecule has 0 aromatic heterocycles. The molecule has 0 aromatic rings. The van der Waals surface area contributed by atoms with Crippen molar-refractivity contribution >= 4 is 24.6 Å². The molecule has 1 heterocycles. The number of amides is 2. The fourth-order valence-corrected chi connectivity index (χ4v) is 3.87. The molecular weight excluding hydrogens is 324 g/mol. The molecule has 0 spiro atoms. The first kappa shape index (κ1) is 19.4. The van der Waals surface area contributed by atoms with Crippen LogP contribution in [0, 0.1) is 17.8 Å². The van der Waals surface area contributed by atoms with Gasteiger partial charge in [-0.3, -0.25) is 4.79 Å². The molecular formula is C18H32N2O3S. The van der Waals surface area contributed by atoms with Crippen molar-refractivity contribution in [3.05, 3.63) is 0 Å². The van der Waals surface area contributed by atoms with Crippen molar-refractivity contribution in [3.8, 4) is 0 Å². The smallest absolute Gasteiger partial charge is 0.407 e.